The van der Waals surface area contributed by atoms with Crippen molar-refractivity contribution in [1.29, 1.82) is 0 Å². The molecule has 0 aromatic rings. The van der Waals surface area contributed by atoms with Gasteiger partial charge in [-0.25, -0.2) is 9.59 Å². The summed E-state index contributed by atoms with van der Waals surface area (Å²) in [6.45, 7) is 11.6. The molecule has 8 nitrogen and oxygen atoms in total. The molecule has 0 unspecified atom stereocenters. The molecule has 2 fully saturated rings. The van der Waals surface area contributed by atoms with Crippen LogP contribution in [0.3, 0.4) is 0 Å². The van der Waals surface area contributed by atoms with Crippen molar-refractivity contribution < 1.29 is 29.3 Å². The van der Waals surface area contributed by atoms with Crippen LogP contribution in [0.4, 0.5) is 9.59 Å². The smallest absolute Gasteiger partial charge is 0.410 e. The second-order valence-electron chi connectivity index (χ2n) is 9.72. The number of carbonyl (C=O) groups is 2. The highest BCUT2D eigenvalue weighted by Crippen LogP contribution is 2.47. The number of piperidine rings is 1. The number of nitrogens with one attached hydrogen (secondary N) is 1. The molecule has 0 aromatic carbocycles. The molecule has 1 aliphatic heterocycles. The Balaban J connectivity index is 2.05. The van der Waals surface area contributed by atoms with Gasteiger partial charge in [-0.05, 0) is 66.2 Å². The van der Waals surface area contributed by atoms with Crippen LogP contribution in [0, 0.1) is 5.41 Å². The molecule has 2 amide bonds. The van der Waals surface area contributed by atoms with Crippen molar-refractivity contribution in [3.63, 3.8) is 0 Å². The Morgan fingerprint density at radius 3 is 2.00 bits per heavy atom. The Bertz CT molecular complexity index is 558. The van der Waals surface area contributed by atoms with Crippen LogP contribution in [0.1, 0.15) is 60.8 Å². The fraction of sp³-hybridized carbons (Fsp3) is 0.895. The first-order valence-corrected chi connectivity index (χ1v) is 9.56. The molecule has 156 valence electrons. The Hall–Kier alpha value is -1.54. The second kappa shape index (κ2) is 7.47. The van der Waals surface area contributed by atoms with E-state index in [-0.39, 0.29) is 6.09 Å². The number of carbonyl (C=O) groups excluding carboxylic acids is 2. The number of ether oxygens (including phenoxy) is 2. The van der Waals surface area contributed by atoms with Gasteiger partial charge in [-0.2, -0.15) is 0 Å². The van der Waals surface area contributed by atoms with E-state index in [1.54, 1.807) is 25.7 Å². The molecule has 2 aliphatic rings. The summed E-state index contributed by atoms with van der Waals surface area (Å²) in [5.74, 6) is 0. The average molecular weight is 386 g/mol. The molecule has 0 radical (unpaired) electrons. The third-order valence-electron chi connectivity index (χ3n) is 5.09. The zero-order chi connectivity index (χ0) is 20.6. The quantitative estimate of drug-likeness (QED) is 0.636. The highest BCUT2D eigenvalue weighted by Gasteiger charge is 2.55. The molecule has 1 spiro atoms. The highest BCUT2D eigenvalue weighted by atomic mass is 16.6. The molecule has 1 heterocycles. The lowest BCUT2D eigenvalue weighted by atomic mass is 9.73. The van der Waals surface area contributed by atoms with Crippen LogP contribution in [0.5, 0.6) is 0 Å². The number of alkyl carbamates (subject to hydrolysis) is 1. The fourth-order valence-corrected chi connectivity index (χ4v) is 3.90. The van der Waals surface area contributed by atoms with Gasteiger partial charge in [0.2, 0.25) is 0 Å². The van der Waals surface area contributed by atoms with Crippen LogP contribution < -0.4 is 5.32 Å². The molecule has 3 atom stereocenters. The maximum Gasteiger partial charge on any atom is 0.410 e. The molecular weight excluding hydrogens is 352 g/mol. The molecule has 2 rings (SSSR count). The molecule has 1 saturated heterocycles. The van der Waals surface area contributed by atoms with Crippen molar-refractivity contribution in [2.75, 3.05) is 13.1 Å². The SMILES string of the molecule is CC(C)(C)OC(=O)N[C@@H]1[C@H](O)[C@@H](O)CC12CCN(C(=O)OC(C)(C)C)CC2. The van der Waals surface area contributed by atoms with Crippen LogP contribution in [-0.2, 0) is 9.47 Å². The van der Waals surface area contributed by atoms with Gasteiger partial charge in [-0.15, -0.1) is 0 Å². The van der Waals surface area contributed by atoms with Crippen molar-refractivity contribution in [1.82, 2.24) is 10.2 Å². The predicted octanol–water partition coefficient (Wildman–Crippen LogP) is 2.02. The zero-order valence-electron chi connectivity index (χ0n) is 17.2. The number of aliphatic hydroxyl groups excluding tert-OH is 2. The molecule has 1 saturated carbocycles. The minimum atomic E-state index is -1.06. The third kappa shape index (κ3) is 5.48. The fourth-order valence-electron chi connectivity index (χ4n) is 3.90. The van der Waals surface area contributed by atoms with Gasteiger partial charge in [-0.1, -0.05) is 0 Å². The van der Waals surface area contributed by atoms with Crippen molar-refractivity contribution in [3.8, 4) is 0 Å². The number of aliphatic hydroxyl groups is 2. The molecule has 1 aliphatic carbocycles. The van der Waals surface area contributed by atoms with Crippen molar-refractivity contribution in [3.05, 3.63) is 0 Å². The number of hydrogen-bond acceptors (Lipinski definition) is 6. The van der Waals surface area contributed by atoms with E-state index >= 15 is 0 Å². The van der Waals surface area contributed by atoms with E-state index in [2.05, 4.69) is 5.32 Å². The summed E-state index contributed by atoms with van der Waals surface area (Å²) in [4.78, 5) is 26.1. The largest absolute Gasteiger partial charge is 0.444 e. The number of amides is 2. The highest BCUT2D eigenvalue weighted by molar-refractivity contribution is 5.69. The normalized spacial score (nSPS) is 28.1. The first kappa shape index (κ1) is 21.8. The number of likely N-dealkylation sites (tertiary alicyclic amines) is 1. The van der Waals surface area contributed by atoms with Crippen molar-refractivity contribution in [2.24, 2.45) is 5.41 Å². The summed E-state index contributed by atoms with van der Waals surface area (Å²) in [6.07, 6.45) is -1.48. The second-order valence-corrected chi connectivity index (χ2v) is 9.72. The van der Waals surface area contributed by atoms with Crippen LogP contribution in [-0.4, -0.2) is 69.8 Å². The summed E-state index contributed by atoms with van der Waals surface area (Å²) in [6, 6.07) is -0.622. The first-order chi connectivity index (χ1) is 12.2. The Labute approximate surface area is 161 Å². The Morgan fingerprint density at radius 2 is 1.52 bits per heavy atom. The van der Waals surface area contributed by atoms with E-state index in [1.807, 2.05) is 20.8 Å². The lowest BCUT2D eigenvalue weighted by molar-refractivity contribution is -0.00278. The van der Waals surface area contributed by atoms with Gasteiger partial charge >= 0.3 is 12.2 Å². The van der Waals surface area contributed by atoms with Crippen LogP contribution in [0.25, 0.3) is 0 Å². The maximum absolute atomic E-state index is 12.3. The van der Waals surface area contributed by atoms with Gasteiger partial charge in [0, 0.05) is 13.1 Å². The number of nitrogens with zero attached hydrogens (tertiary/aromatic N) is 1. The number of hydrogen-bond donors (Lipinski definition) is 3. The first-order valence-electron chi connectivity index (χ1n) is 9.56. The standard InChI is InChI=1S/C19H34N2O6/c1-17(2,3)26-15(24)20-14-13(23)12(22)11-19(14)7-9-21(10-8-19)16(25)27-18(4,5)6/h12-14,22-23H,7-11H2,1-6H3,(H,20,24)/t12-,13+,14+/m0/s1. The molecule has 27 heavy (non-hydrogen) atoms. The monoisotopic (exact) mass is 386 g/mol. The summed E-state index contributed by atoms with van der Waals surface area (Å²) in [5, 5.41) is 23.4. The summed E-state index contributed by atoms with van der Waals surface area (Å²) >= 11 is 0. The minimum Gasteiger partial charge on any atom is -0.444 e. The van der Waals surface area contributed by atoms with E-state index in [4.69, 9.17) is 9.47 Å². The maximum atomic E-state index is 12.3. The molecule has 0 bridgehead atoms. The van der Waals surface area contributed by atoms with E-state index in [0.717, 1.165) is 0 Å². The average Bonchev–Trinajstić information content (AvgIpc) is 2.69. The molecule has 0 aromatic heterocycles. The summed E-state index contributed by atoms with van der Waals surface area (Å²) in [5.41, 5.74) is -1.69. The summed E-state index contributed by atoms with van der Waals surface area (Å²) in [7, 11) is 0. The van der Waals surface area contributed by atoms with Gasteiger partial charge in [0.15, 0.2) is 0 Å². The van der Waals surface area contributed by atoms with Crippen LogP contribution in [0.15, 0.2) is 0 Å². The van der Waals surface area contributed by atoms with Gasteiger partial charge in [0.1, 0.15) is 17.3 Å². The van der Waals surface area contributed by atoms with Gasteiger partial charge in [0.05, 0.1) is 12.1 Å². The summed E-state index contributed by atoms with van der Waals surface area (Å²) < 4.78 is 10.7. The van der Waals surface area contributed by atoms with Crippen LogP contribution in [0.2, 0.25) is 0 Å². The minimum absolute atomic E-state index is 0.368. The molecule has 8 heteroatoms. The van der Waals surface area contributed by atoms with E-state index in [0.29, 0.717) is 32.4 Å². The lowest BCUT2D eigenvalue weighted by Gasteiger charge is -2.43. The molecular formula is C19H34N2O6. The topological polar surface area (TPSA) is 108 Å². The lowest BCUT2D eigenvalue weighted by Crippen LogP contribution is -2.55. The Morgan fingerprint density at radius 1 is 1.00 bits per heavy atom. The molecule has 3 N–H and O–H groups in total. The van der Waals surface area contributed by atoms with Crippen molar-refractivity contribution in [2.45, 2.75) is 90.3 Å². The third-order valence-corrected chi connectivity index (χ3v) is 5.09. The Kier molecular flexibility index (Phi) is 6.02. The van der Waals surface area contributed by atoms with E-state index < -0.39 is 41.0 Å². The predicted molar refractivity (Wildman–Crippen MR) is 99.3 cm³/mol. The van der Waals surface area contributed by atoms with E-state index in [9.17, 15) is 19.8 Å². The van der Waals surface area contributed by atoms with Crippen LogP contribution >= 0.6 is 0 Å². The number of rotatable bonds is 1. The van der Waals surface area contributed by atoms with Gasteiger partial charge in [0.25, 0.3) is 0 Å². The van der Waals surface area contributed by atoms with E-state index in [1.165, 1.54) is 0 Å². The zero-order valence-corrected chi connectivity index (χ0v) is 17.2. The van der Waals surface area contributed by atoms with Gasteiger partial charge < -0.3 is 29.9 Å². The van der Waals surface area contributed by atoms with Crippen molar-refractivity contribution >= 4 is 12.2 Å². The van der Waals surface area contributed by atoms with Gasteiger partial charge in [-0.3, -0.25) is 0 Å².